The Balaban J connectivity index is 1.96. The number of piperidine rings is 1. The Morgan fingerprint density at radius 1 is 1.32 bits per heavy atom. The molecule has 0 aliphatic carbocycles. The second-order valence-corrected chi connectivity index (χ2v) is 7.85. The zero-order valence-corrected chi connectivity index (χ0v) is 13.3. The monoisotopic (exact) mass is 335 g/mol. The van der Waals surface area contributed by atoms with Gasteiger partial charge in [-0.2, -0.15) is 13.2 Å². The molecule has 0 amide bonds. The predicted molar refractivity (Wildman–Crippen MR) is 78.9 cm³/mol. The summed E-state index contributed by atoms with van der Waals surface area (Å²) in [5.41, 5.74) is 0.0118. The second kappa shape index (κ2) is 6.58. The minimum Gasteiger partial charge on any atom is -0.213 e. The lowest BCUT2D eigenvalue weighted by Gasteiger charge is -2.31. The summed E-state index contributed by atoms with van der Waals surface area (Å²) in [4.78, 5) is 0. The van der Waals surface area contributed by atoms with Gasteiger partial charge in [-0.15, -0.1) is 0 Å². The Morgan fingerprint density at radius 2 is 2.05 bits per heavy atom. The first-order chi connectivity index (χ1) is 10.2. The van der Waals surface area contributed by atoms with E-state index in [0.717, 1.165) is 18.9 Å². The molecule has 0 N–H and O–H groups in total. The van der Waals surface area contributed by atoms with Crippen molar-refractivity contribution >= 4 is 10.0 Å². The summed E-state index contributed by atoms with van der Waals surface area (Å²) in [5.74, 6) is 0.206. The van der Waals surface area contributed by atoms with Crippen LogP contribution in [0.15, 0.2) is 24.3 Å². The van der Waals surface area contributed by atoms with Gasteiger partial charge in [-0.1, -0.05) is 18.2 Å². The number of hydrogen-bond donors (Lipinski definition) is 0. The van der Waals surface area contributed by atoms with Crippen molar-refractivity contribution in [2.24, 2.45) is 5.92 Å². The lowest BCUT2D eigenvalue weighted by molar-refractivity contribution is -0.137. The number of hydrogen-bond acceptors (Lipinski definition) is 2. The summed E-state index contributed by atoms with van der Waals surface area (Å²) in [7, 11) is -3.18. The van der Waals surface area contributed by atoms with Gasteiger partial charge >= 0.3 is 6.18 Å². The lowest BCUT2D eigenvalue weighted by atomic mass is 9.92. The quantitative estimate of drug-likeness (QED) is 0.846. The molecule has 0 radical (unpaired) electrons. The molecule has 0 saturated carbocycles. The van der Waals surface area contributed by atoms with E-state index in [9.17, 15) is 21.6 Å². The summed E-state index contributed by atoms with van der Waals surface area (Å²) in [6.07, 6.45) is -0.166. The van der Waals surface area contributed by atoms with Crippen molar-refractivity contribution in [2.75, 3.05) is 19.3 Å². The molecule has 1 atom stereocenters. The molecular formula is C15H20F3NO2S. The highest BCUT2D eigenvalue weighted by Crippen LogP contribution is 2.30. The first-order valence-electron chi connectivity index (χ1n) is 7.27. The van der Waals surface area contributed by atoms with Crippen molar-refractivity contribution in [1.29, 1.82) is 0 Å². The molecule has 1 saturated heterocycles. The van der Waals surface area contributed by atoms with Crippen molar-refractivity contribution in [3.63, 3.8) is 0 Å². The van der Waals surface area contributed by atoms with Gasteiger partial charge in [0.1, 0.15) is 0 Å². The first-order valence-corrected chi connectivity index (χ1v) is 9.12. The average molecular weight is 335 g/mol. The fraction of sp³-hybridized carbons (Fsp3) is 0.600. The normalized spacial score (nSPS) is 21.0. The Kier molecular flexibility index (Phi) is 5.17. The van der Waals surface area contributed by atoms with Crippen LogP contribution in [-0.4, -0.2) is 32.1 Å². The zero-order valence-electron chi connectivity index (χ0n) is 12.4. The number of alkyl halides is 3. The third-order valence-corrected chi connectivity index (χ3v) is 5.32. The third-order valence-electron chi connectivity index (χ3n) is 4.05. The van der Waals surface area contributed by atoms with Crippen molar-refractivity contribution in [3.8, 4) is 0 Å². The summed E-state index contributed by atoms with van der Waals surface area (Å²) in [5, 5.41) is 0. The number of benzene rings is 1. The minimum atomic E-state index is -4.33. The van der Waals surface area contributed by atoms with Gasteiger partial charge in [0.05, 0.1) is 11.8 Å². The van der Waals surface area contributed by atoms with Crippen LogP contribution in [-0.2, 0) is 22.6 Å². The summed E-state index contributed by atoms with van der Waals surface area (Å²) < 4.78 is 62.6. The van der Waals surface area contributed by atoms with E-state index >= 15 is 0 Å². The molecule has 1 aliphatic rings. The maximum absolute atomic E-state index is 12.7. The maximum atomic E-state index is 12.7. The molecule has 1 aliphatic heterocycles. The molecule has 0 bridgehead atoms. The number of halogens is 3. The molecule has 7 heteroatoms. The van der Waals surface area contributed by atoms with Crippen LogP contribution in [0.2, 0.25) is 0 Å². The van der Waals surface area contributed by atoms with Gasteiger partial charge in [0, 0.05) is 13.1 Å². The Hall–Kier alpha value is -1.08. The van der Waals surface area contributed by atoms with Gasteiger partial charge in [0.25, 0.3) is 0 Å². The predicted octanol–water partition coefficient (Wildman–Crippen LogP) is 3.31. The lowest BCUT2D eigenvalue weighted by Crippen LogP contribution is -2.39. The van der Waals surface area contributed by atoms with Crippen LogP contribution in [0.25, 0.3) is 0 Å². The van der Waals surface area contributed by atoms with Crippen LogP contribution in [0.1, 0.15) is 30.4 Å². The molecule has 2 rings (SSSR count). The van der Waals surface area contributed by atoms with Crippen molar-refractivity contribution < 1.29 is 21.6 Å². The molecule has 0 aromatic heterocycles. The van der Waals surface area contributed by atoms with Crippen molar-refractivity contribution in [3.05, 3.63) is 35.4 Å². The van der Waals surface area contributed by atoms with Crippen LogP contribution in [0.5, 0.6) is 0 Å². The third kappa shape index (κ3) is 4.71. The van der Waals surface area contributed by atoms with Gasteiger partial charge < -0.3 is 0 Å². The molecule has 1 aromatic carbocycles. The highest BCUT2D eigenvalue weighted by atomic mass is 32.2. The molecule has 22 heavy (non-hydrogen) atoms. The van der Waals surface area contributed by atoms with Crippen LogP contribution in [0, 0.1) is 5.92 Å². The Morgan fingerprint density at radius 3 is 2.68 bits per heavy atom. The van der Waals surface area contributed by atoms with E-state index in [1.807, 2.05) is 0 Å². The van der Waals surface area contributed by atoms with Gasteiger partial charge in [0.2, 0.25) is 10.0 Å². The number of rotatable bonds is 4. The maximum Gasteiger partial charge on any atom is 0.416 e. The standard InChI is InChI=1S/C15H20F3NO2S/c1-22(20,21)19-9-3-5-13(11-19)8-7-12-4-2-6-14(10-12)15(16,17)18/h2,4,6,10,13H,3,5,7-9,11H2,1H3/t13-/m0/s1. The Labute approximate surface area is 129 Å². The SMILES string of the molecule is CS(=O)(=O)N1CCC[C@@H](CCc2cccc(C(F)(F)F)c2)C1. The van der Waals surface area contributed by atoms with E-state index in [0.29, 0.717) is 31.5 Å². The fourth-order valence-corrected chi connectivity index (χ4v) is 3.78. The van der Waals surface area contributed by atoms with Gasteiger partial charge in [0.15, 0.2) is 0 Å². The van der Waals surface area contributed by atoms with E-state index < -0.39 is 21.8 Å². The first kappa shape index (κ1) is 17.3. The molecular weight excluding hydrogens is 315 g/mol. The highest BCUT2D eigenvalue weighted by Gasteiger charge is 2.30. The summed E-state index contributed by atoms with van der Waals surface area (Å²) in [6, 6.07) is 5.35. The van der Waals surface area contributed by atoms with E-state index in [-0.39, 0.29) is 5.92 Å². The van der Waals surface area contributed by atoms with E-state index in [1.165, 1.54) is 22.7 Å². The van der Waals surface area contributed by atoms with Gasteiger partial charge in [-0.05, 0) is 43.2 Å². The van der Waals surface area contributed by atoms with Crippen LogP contribution >= 0.6 is 0 Å². The average Bonchev–Trinajstić information content (AvgIpc) is 2.44. The molecule has 1 fully saturated rings. The zero-order chi connectivity index (χ0) is 16.4. The number of sulfonamides is 1. The van der Waals surface area contributed by atoms with Crippen molar-refractivity contribution in [1.82, 2.24) is 4.31 Å². The fourth-order valence-electron chi connectivity index (χ4n) is 2.84. The molecule has 1 heterocycles. The van der Waals surface area contributed by atoms with E-state index in [2.05, 4.69) is 0 Å². The van der Waals surface area contributed by atoms with E-state index in [1.54, 1.807) is 6.07 Å². The smallest absolute Gasteiger partial charge is 0.213 e. The minimum absolute atomic E-state index is 0.206. The topological polar surface area (TPSA) is 37.4 Å². The van der Waals surface area contributed by atoms with E-state index in [4.69, 9.17) is 0 Å². The van der Waals surface area contributed by atoms with Gasteiger partial charge in [-0.25, -0.2) is 12.7 Å². The number of nitrogens with zero attached hydrogens (tertiary/aromatic N) is 1. The van der Waals surface area contributed by atoms with Crippen LogP contribution in [0.4, 0.5) is 13.2 Å². The largest absolute Gasteiger partial charge is 0.416 e. The van der Waals surface area contributed by atoms with Gasteiger partial charge in [-0.3, -0.25) is 0 Å². The molecule has 0 spiro atoms. The highest BCUT2D eigenvalue weighted by molar-refractivity contribution is 7.88. The van der Waals surface area contributed by atoms with Crippen LogP contribution in [0.3, 0.4) is 0 Å². The molecule has 124 valence electrons. The molecule has 0 unspecified atom stereocenters. The summed E-state index contributed by atoms with van der Waals surface area (Å²) >= 11 is 0. The summed E-state index contributed by atoms with van der Waals surface area (Å²) in [6.45, 7) is 1.01. The van der Waals surface area contributed by atoms with Crippen LogP contribution < -0.4 is 0 Å². The second-order valence-electron chi connectivity index (χ2n) is 5.87. The van der Waals surface area contributed by atoms with Crippen molar-refractivity contribution in [2.45, 2.75) is 31.9 Å². The Bertz CT molecular complexity index is 613. The molecule has 1 aromatic rings. The molecule has 3 nitrogen and oxygen atoms in total. The number of aryl methyl sites for hydroxylation is 1.